The number of alkyl halides is 3. The van der Waals surface area contributed by atoms with Gasteiger partial charge in [0.1, 0.15) is 5.82 Å². The van der Waals surface area contributed by atoms with Crippen molar-refractivity contribution < 1.29 is 27.5 Å². The Morgan fingerprint density at radius 3 is 2.42 bits per heavy atom. The van der Waals surface area contributed by atoms with Gasteiger partial charge in [-0.3, -0.25) is 5.32 Å². The summed E-state index contributed by atoms with van der Waals surface area (Å²) in [5.41, 5.74) is -2.96. The smallest absolute Gasteiger partial charge is 0.417 e. The van der Waals surface area contributed by atoms with E-state index in [1.165, 1.54) is 12.1 Å². The summed E-state index contributed by atoms with van der Waals surface area (Å²) in [4.78, 5) is 10.7. The van der Waals surface area contributed by atoms with Crippen molar-refractivity contribution in [2.24, 2.45) is 0 Å². The van der Waals surface area contributed by atoms with Crippen molar-refractivity contribution in [3.63, 3.8) is 0 Å². The Bertz CT molecular complexity index is 492. The van der Waals surface area contributed by atoms with E-state index >= 15 is 0 Å². The van der Waals surface area contributed by atoms with E-state index in [0.717, 1.165) is 6.07 Å². The Morgan fingerprint density at radius 1 is 1.42 bits per heavy atom. The minimum Gasteiger partial charge on any atom is -0.480 e. The van der Waals surface area contributed by atoms with Crippen LogP contribution < -0.4 is 5.32 Å². The van der Waals surface area contributed by atoms with E-state index < -0.39 is 30.0 Å². The minimum absolute atomic E-state index is 0.152. The Hall–Kier alpha value is -1.34. The number of carbonyl (C=O) groups is 1. The van der Waals surface area contributed by atoms with E-state index in [2.05, 4.69) is 0 Å². The third-order valence-electron chi connectivity index (χ3n) is 2.62. The van der Waals surface area contributed by atoms with Crippen molar-refractivity contribution in [3.05, 3.63) is 34.6 Å². The Labute approximate surface area is 111 Å². The van der Waals surface area contributed by atoms with Crippen LogP contribution in [-0.4, -0.2) is 22.8 Å². The number of hydrogen-bond donors (Lipinski definition) is 2. The monoisotopic (exact) mass is 299 g/mol. The van der Waals surface area contributed by atoms with Crippen molar-refractivity contribution in [3.8, 4) is 0 Å². The van der Waals surface area contributed by atoms with Crippen LogP contribution in [0.3, 0.4) is 0 Å². The molecule has 1 atom stereocenters. The second-order valence-corrected chi connectivity index (χ2v) is 4.44. The van der Waals surface area contributed by atoms with E-state index in [1.807, 2.05) is 5.32 Å². The summed E-state index contributed by atoms with van der Waals surface area (Å²) < 4.78 is 51.1. The molecule has 0 aliphatic rings. The number of benzene rings is 1. The predicted octanol–water partition coefficient (Wildman–Crippen LogP) is 2.97. The lowest BCUT2D eigenvalue weighted by atomic mass is 10.0. The van der Waals surface area contributed by atoms with Gasteiger partial charge in [0.2, 0.25) is 5.54 Å². The van der Waals surface area contributed by atoms with Gasteiger partial charge in [0, 0.05) is 6.54 Å². The van der Waals surface area contributed by atoms with Crippen molar-refractivity contribution in [2.75, 3.05) is 0 Å². The molecule has 1 aromatic rings. The highest BCUT2D eigenvalue weighted by atomic mass is 35.5. The molecule has 1 unspecified atom stereocenters. The number of halogens is 5. The van der Waals surface area contributed by atoms with Crippen molar-refractivity contribution in [1.82, 2.24) is 5.32 Å². The van der Waals surface area contributed by atoms with Gasteiger partial charge in [0.25, 0.3) is 0 Å². The van der Waals surface area contributed by atoms with E-state index in [4.69, 9.17) is 16.7 Å². The average molecular weight is 300 g/mol. The lowest BCUT2D eigenvalue weighted by Crippen LogP contribution is -2.59. The molecule has 0 bridgehead atoms. The third kappa shape index (κ3) is 3.36. The first kappa shape index (κ1) is 15.7. The zero-order valence-electron chi connectivity index (χ0n) is 9.68. The van der Waals surface area contributed by atoms with Crippen molar-refractivity contribution >= 4 is 17.6 Å². The maximum Gasteiger partial charge on any atom is 0.417 e. The van der Waals surface area contributed by atoms with Crippen LogP contribution in [0.15, 0.2) is 18.2 Å². The summed E-state index contributed by atoms with van der Waals surface area (Å²) in [6, 6.07) is 3.42. The molecule has 0 saturated heterocycles. The zero-order valence-corrected chi connectivity index (χ0v) is 10.4. The average Bonchev–Trinajstić information content (AvgIpc) is 2.28. The first-order chi connectivity index (χ1) is 8.58. The molecule has 1 rings (SSSR count). The number of nitrogens with one attached hydrogen (secondary N) is 1. The zero-order chi connectivity index (χ0) is 14.8. The number of carboxylic acid groups (broad SMARTS) is 1. The van der Waals surface area contributed by atoms with Crippen LogP contribution in [0.25, 0.3) is 0 Å². The minimum atomic E-state index is -4.98. The summed E-state index contributed by atoms with van der Waals surface area (Å²) in [6.07, 6.45) is -4.98. The van der Waals surface area contributed by atoms with Gasteiger partial charge >= 0.3 is 12.1 Å². The van der Waals surface area contributed by atoms with Crippen LogP contribution in [-0.2, 0) is 11.3 Å². The Kier molecular flexibility index (Phi) is 4.42. The topological polar surface area (TPSA) is 49.3 Å². The molecule has 0 radical (unpaired) electrons. The molecule has 0 spiro atoms. The normalized spacial score (nSPS) is 15.1. The SMILES string of the molecule is CC(NCc1ccc(Cl)c(F)c1)(C(=O)O)C(F)(F)F. The van der Waals surface area contributed by atoms with Gasteiger partial charge in [-0.25, -0.2) is 9.18 Å². The molecule has 0 aromatic heterocycles. The molecule has 0 aliphatic carbocycles. The molecule has 1 aromatic carbocycles. The van der Waals surface area contributed by atoms with Crippen LogP contribution in [0.1, 0.15) is 12.5 Å². The fourth-order valence-corrected chi connectivity index (χ4v) is 1.34. The highest BCUT2D eigenvalue weighted by Crippen LogP contribution is 2.30. The first-order valence-corrected chi connectivity index (χ1v) is 5.45. The van der Waals surface area contributed by atoms with E-state index in [-0.39, 0.29) is 10.6 Å². The molecule has 8 heteroatoms. The number of carboxylic acids is 1. The summed E-state index contributed by atoms with van der Waals surface area (Å²) in [7, 11) is 0. The van der Waals surface area contributed by atoms with Crippen LogP contribution in [0.2, 0.25) is 5.02 Å². The predicted molar refractivity (Wildman–Crippen MR) is 60.3 cm³/mol. The number of rotatable bonds is 4. The molecule has 3 nitrogen and oxygen atoms in total. The van der Waals surface area contributed by atoms with Crippen LogP contribution in [0.4, 0.5) is 17.6 Å². The second kappa shape index (κ2) is 5.34. The van der Waals surface area contributed by atoms with Gasteiger partial charge < -0.3 is 5.11 Å². The van der Waals surface area contributed by atoms with E-state index in [0.29, 0.717) is 6.92 Å². The maximum absolute atomic E-state index is 13.1. The van der Waals surface area contributed by atoms with Crippen molar-refractivity contribution in [2.45, 2.75) is 25.2 Å². The first-order valence-electron chi connectivity index (χ1n) is 5.07. The van der Waals surface area contributed by atoms with Gasteiger partial charge in [0.15, 0.2) is 0 Å². The molecular formula is C11H10ClF4NO2. The molecule has 0 saturated carbocycles. The summed E-state index contributed by atoms with van der Waals surface area (Å²) in [5.74, 6) is -2.85. The fourth-order valence-electron chi connectivity index (χ4n) is 1.23. The summed E-state index contributed by atoms with van der Waals surface area (Å²) in [5, 5.41) is 10.4. The lowest BCUT2D eigenvalue weighted by molar-refractivity contribution is -0.206. The lowest BCUT2D eigenvalue weighted by Gasteiger charge is -2.28. The Balaban J connectivity index is 2.89. The van der Waals surface area contributed by atoms with E-state index in [1.54, 1.807) is 0 Å². The molecule has 2 N–H and O–H groups in total. The number of aliphatic carboxylic acids is 1. The molecule has 0 heterocycles. The molecule has 0 aliphatic heterocycles. The quantitative estimate of drug-likeness (QED) is 0.840. The second-order valence-electron chi connectivity index (χ2n) is 4.03. The molecule has 106 valence electrons. The van der Waals surface area contributed by atoms with Gasteiger partial charge in [-0.1, -0.05) is 17.7 Å². The van der Waals surface area contributed by atoms with Gasteiger partial charge in [0.05, 0.1) is 5.02 Å². The third-order valence-corrected chi connectivity index (χ3v) is 2.93. The van der Waals surface area contributed by atoms with Crippen LogP contribution in [0.5, 0.6) is 0 Å². The molecule has 0 fully saturated rings. The van der Waals surface area contributed by atoms with Gasteiger partial charge in [-0.05, 0) is 24.6 Å². The van der Waals surface area contributed by atoms with Crippen molar-refractivity contribution in [1.29, 1.82) is 0 Å². The van der Waals surface area contributed by atoms with Crippen LogP contribution in [0, 0.1) is 5.82 Å². The summed E-state index contributed by atoms with van der Waals surface area (Å²) in [6.45, 7) is 0.0397. The standard InChI is InChI=1S/C11H10ClF4NO2/c1-10(9(18)19,11(14,15)16)17-5-6-2-3-7(12)8(13)4-6/h2-4,17H,5H2,1H3,(H,18,19). The molecular weight excluding hydrogens is 290 g/mol. The largest absolute Gasteiger partial charge is 0.480 e. The van der Waals surface area contributed by atoms with E-state index in [9.17, 15) is 22.4 Å². The summed E-state index contributed by atoms with van der Waals surface area (Å²) >= 11 is 5.42. The van der Waals surface area contributed by atoms with Crippen LogP contribution >= 0.6 is 11.6 Å². The van der Waals surface area contributed by atoms with Gasteiger partial charge in [-0.2, -0.15) is 13.2 Å². The molecule has 0 amide bonds. The van der Waals surface area contributed by atoms with Gasteiger partial charge in [-0.15, -0.1) is 0 Å². The Morgan fingerprint density at radius 2 is 2.00 bits per heavy atom. The molecule has 19 heavy (non-hydrogen) atoms. The maximum atomic E-state index is 13.1. The fraction of sp³-hybridized carbons (Fsp3) is 0.364. The highest BCUT2D eigenvalue weighted by molar-refractivity contribution is 6.30. The number of hydrogen-bond acceptors (Lipinski definition) is 2. The highest BCUT2D eigenvalue weighted by Gasteiger charge is 2.57.